The number of hydrogen-bond acceptors (Lipinski definition) is 3. The fraction of sp³-hybridized carbons (Fsp3) is 0. The van der Waals surface area contributed by atoms with Gasteiger partial charge in [-0.2, -0.15) is 0 Å². The third-order valence-corrected chi connectivity index (χ3v) is 2.48. The Labute approximate surface area is 97.5 Å². The number of nitrogens with zero attached hydrogens (tertiary/aromatic N) is 2. The van der Waals surface area contributed by atoms with Gasteiger partial charge >= 0.3 is 0 Å². The molecule has 0 atom stereocenters. The van der Waals surface area contributed by atoms with Crippen molar-refractivity contribution in [2.24, 2.45) is 5.16 Å². The van der Waals surface area contributed by atoms with Crippen LogP contribution in [0.25, 0.3) is 10.9 Å². The van der Waals surface area contributed by atoms with Crippen LogP contribution in [-0.4, -0.2) is 16.4 Å². The lowest BCUT2D eigenvalue weighted by atomic mass is 10.1. The lowest BCUT2D eigenvalue weighted by Gasteiger charge is -2.03. The molecule has 1 aromatic carbocycles. The van der Waals surface area contributed by atoms with Gasteiger partial charge in [-0.1, -0.05) is 5.16 Å². The molecule has 2 aromatic rings. The molecule has 0 saturated heterocycles. The van der Waals surface area contributed by atoms with Gasteiger partial charge in [0.15, 0.2) is 11.6 Å². The molecule has 0 spiro atoms. The van der Waals surface area contributed by atoms with Gasteiger partial charge < -0.3 is 5.21 Å². The molecule has 3 nitrogen and oxygen atoms in total. The molecule has 2 rings (SSSR count). The molecule has 1 N–H and O–H groups in total. The smallest absolute Gasteiger partial charge is 0.185 e. The summed E-state index contributed by atoms with van der Waals surface area (Å²) in [5, 5.41) is 11.4. The van der Waals surface area contributed by atoms with Gasteiger partial charge in [0, 0.05) is 21.6 Å². The SMILES string of the molecule is O/N=C/c1cc2cc(Br)cnc2c(F)c1F. The van der Waals surface area contributed by atoms with Gasteiger partial charge in [0.2, 0.25) is 0 Å². The molecule has 82 valence electrons. The van der Waals surface area contributed by atoms with E-state index in [1.165, 1.54) is 12.3 Å². The number of aromatic nitrogens is 1. The molecule has 1 heterocycles. The van der Waals surface area contributed by atoms with Crippen LogP contribution in [0, 0.1) is 11.6 Å². The van der Waals surface area contributed by atoms with Crippen molar-refractivity contribution in [2.45, 2.75) is 0 Å². The summed E-state index contributed by atoms with van der Waals surface area (Å²) in [7, 11) is 0. The van der Waals surface area contributed by atoms with Gasteiger partial charge in [-0.25, -0.2) is 8.78 Å². The summed E-state index contributed by atoms with van der Waals surface area (Å²) in [4.78, 5) is 3.77. The van der Waals surface area contributed by atoms with Gasteiger partial charge in [-0.3, -0.25) is 4.98 Å². The maximum Gasteiger partial charge on any atom is 0.185 e. The molecular formula is C10H5BrF2N2O. The molecule has 16 heavy (non-hydrogen) atoms. The van der Waals surface area contributed by atoms with E-state index < -0.39 is 11.6 Å². The minimum atomic E-state index is -1.08. The molecular weight excluding hydrogens is 282 g/mol. The molecule has 0 fully saturated rings. The van der Waals surface area contributed by atoms with Crippen LogP contribution < -0.4 is 0 Å². The summed E-state index contributed by atoms with van der Waals surface area (Å²) < 4.78 is 27.6. The van der Waals surface area contributed by atoms with Crippen molar-refractivity contribution in [3.63, 3.8) is 0 Å². The van der Waals surface area contributed by atoms with Gasteiger partial charge in [0.25, 0.3) is 0 Å². The number of halogens is 3. The number of fused-ring (bicyclic) bond motifs is 1. The van der Waals surface area contributed by atoms with Crippen molar-refractivity contribution in [2.75, 3.05) is 0 Å². The van der Waals surface area contributed by atoms with Crippen LogP contribution in [0.1, 0.15) is 5.56 Å². The Kier molecular flexibility index (Phi) is 2.82. The highest BCUT2D eigenvalue weighted by atomic mass is 79.9. The van der Waals surface area contributed by atoms with E-state index in [0.717, 1.165) is 6.21 Å². The van der Waals surface area contributed by atoms with Crippen LogP contribution in [0.4, 0.5) is 8.78 Å². The monoisotopic (exact) mass is 286 g/mol. The van der Waals surface area contributed by atoms with Crippen LogP contribution in [-0.2, 0) is 0 Å². The first-order valence-corrected chi connectivity index (χ1v) is 5.03. The molecule has 0 amide bonds. The van der Waals surface area contributed by atoms with Crippen molar-refractivity contribution in [1.29, 1.82) is 0 Å². The number of benzene rings is 1. The molecule has 0 radical (unpaired) electrons. The number of rotatable bonds is 1. The van der Waals surface area contributed by atoms with Crippen LogP contribution in [0.15, 0.2) is 28.0 Å². The van der Waals surface area contributed by atoms with Crippen LogP contribution in [0.3, 0.4) is 0 Å². The topological polar surface area (TPSA) is 45.5 Å². The Balaban J connectivity index is 2.82. The van der Waals surface area contributed by atoms with Gasteiger partial charge in [-0.15, -0.1) is 0 Å². The summed E-state index contributed by atoms with van der Waals surface area (Å²) in [6.07, 6.45) is 2.21. The third-order valence-electron chi connectivity index (χ3n) is 2.05. The second kappa shape index (κ2) is 4.13. The highest BCUT2D eigenvalue weighted by Gasteiger charge is 2.13. The maximum atomic E-state index is 13.5. The zero-order valence-electron chi connectivity index (χ0n) is 7.78. The normalized spacial score (nSPS) is 11.4. The summed E-state index contributed by atoms with van der Waals surface area (Å²) in [5.41, 5.74) is -0.191. The van der Waals surface area contributed by atoms with E-state index in [1.807, 2.05) is 0 Å². The van der Waals surface area contributed by atoms with E-state index in [4.69, 9.17) is 5.21 Å². The summed E-state index contributed by atoms with van der Waals surface area (Å²) in [6, 6.07) is 2.95. The van der Waals surface area contributed by atoms with Gasteiger partial charge in [0.05, 0.1) is 6.21 Å². The van der Waals surface area contributed by atoms with E-state index in [-0.39, 0.29) is 11.1 Å². The van der Waals surface area contributed by atoms with E-state index in [1.54, 1.807) is 6.07 Å². The van der Waals surface area contributed by atoms with Crippen LogP contribution >= 0.6 is 15.9 Å². The second-order valence-corrected chi connectivity index (χ2v) is 3.98. The van der Waals surface area contributed by atoms with Crippen molar-refractivity contribution in [1.82, 2.24) is 4.98 Å². The molecule has 0 aliphatic carbocycles. The molecule has 0 unspecified atom stereocenters. The zero-order chi connectivity index (χ0) is 11.7. The molecule has 1 aromatic heterocycles. The number of hydrogen-bond donors (Lipinski definition) is 1. The summed E-state index contributed by atoms with van der Waals surface area (Å²) in [5.74, 6) is -2.14. The predicted octanol–water partition coefficient (Wildman–Crippen LogP) is 3.08. The van der Waals surface area contributed by atoms with E-state index in [2.05, 4.69) is 26.1 Å². The minimum Gasteiger partial charge on any atom is -0.411 e. The fourth-order valence-electron chi connectivity index (χ4n) is 1.37. The standard InChI is InChI=1S/C10H5BrF2N2O/c11-7-2-5-1-6(3-15-16)8(12)9(13)10(5)14-4-7/h1-4,16H/b15-3+. The lowest BCUT2D eigenvalue weighted by Crippen LogP contribution is -1.96. The summed E-state index contributed by atoms with van der Waals surface area (Å²) in [6.45, 7) is 0. The first kappa shape index (κ1) is 10.9. The number of pyridine rings is 1. The third kappa shape index (κ3) is 1.76. The molecule has 0 bridgehead atoms. The highest BCUT2D eigenvalue weighted by Crippen LogP contribution is 2.23. The highest BCUT2D eigenvalue weighted by molar-refractivity contribution is 9.10. The fourth-order valence-corrected chi connectivity index (χ4v) is 1.72. The van der Waals surface area contributed by atoms with Gasteiger partial charge in [0.1, 0.15) is 5.52 Å². The number of oxime groups is 1. The van der Waals surface area contributed by atoms with Crippen molar-refractivity contribution < 1.29 is 14.0 Å². The molecule has 0 saturated carbocycles. The van der Waals surface area contributed by atoms with Gasteiger partial charge in [-0.05, 0) is 28.1 Å². The maximum absolute atomic E-state index is 13.5. The van der Waals surface area contributed by atoms with E-state index >= 15 is 0 Å². The Hall–Kier alpha value is -1.56. The largest absolute Gasteiger partial charge is 0.411 e. The predicted molar refractivity (Wildman–Crippen MR) is 58.7 cm³/mol. The average molecular weight is 287 g/mol. The Bertz CT molecular complexity index is 587. The van der Waals surface area contributed by atoms with Crippen molar-refractivity contribution >= 4 is 33.0 Å². The average Bonchev–Trinajstić information content (AvgIpc) is 2.25. The van der Waals surface area contributed by atoms with Crippen molar-refractivity contribution in [3.05, 3.63) is 40.0 Å². The van der Waals surface area contributed by atoms with E-state index in [9.17, 15) is 8.78 Å². The Morgan fingerprint density at radius 1 is 1.31 bits per heavy atom. The van der Waals surface area contributed by atoms with Crippen molar-refractivity contribution in [3.8, 4) is 0 Å². The molecule has 0 aliphatic heterocycles. The Morgan fingerprint density at radius 3 is 2.75 bits per heavy atom. The quantitative estimate of drug-likeness (QED) is 0.497. The van der Waals surface area contributed by atoms with Crippen LogP contribution in [0.2, 0.25) is 0 Å². The van der Waals surface area contributed by atoms with E-state index in [0.29, 0.717) is 9.86 Å². The first-order chi connectivity index (χ1) is 7.63. The first-order valence-electron chi connectivity index (χ1n) is 4.24. The molecule has 0 aliphatic rings. The molecule has 6 heteroatoms. The lowest BCUT2D eigenvalue weighted by molar-refractivity contribution is 0.321. The summed E-state index contributed by atoms with van der Waals surface area (Å²) >= 11 is 3.18. The van der Waals surface area contributed by atoms with Crippen LogP contribution in [0.5, 0.6) is 0 Å². The second-order valence-electron chi connectivity index (χ2n) is 3.06. The Morgan fingerprint density at radius 2 is 2.06 bits per heavy atom. The minimum absolute atomic E-state index is 0.0595. The zero-order valence-corrected chi connectivity index (χ0v) is 9.37.